The molecule has 0 saturated heterocycles. The van der Waals surface area contributed by atoms with E-state index in [9.17, 15) is 9.59 Å². The third-order valence-corrected chi connectivity index (χ3v) is 4.07. The Kier molecular flexibility index (Phi) is 6.86. The minimum absolute atomic E-state index is 0. The lowest BCUT2D eigenvalue weighted by molar-refractivity contribution is -0.118. The number of hydrogen-bond donors (Lipinski definition) is 3. The molecule has 0 atom stereocenters. The Labute approximate surface area is 158 Å². The molecule has 0 fully saturated rings. The van der Waals surface area contributed by atoms with E-state index < -0.39 is 5.91 Å². The van der Waals surface area contributed by atoms with Gasteiger partial charge >= 0.3 is 0 Å². The van der Waals surface area contributed by atoms with E-state index in [2.05, 4.69) is 10.6 Å². The monoisotopic (exact) mass is 375 g/mol. The first kappa shape index (κ1) is 19.6. The Balaban J connectivity index is 0.00000243. The van der Waals surface area contributed by atoms with Gasteiger partial charge in [0.2, 0.25) is 5.91 Å². The summed E-state index contributed by atoms with van der Waals surface area (Å²) >= 11 is 0. The molecule has 4 N–H and O–H groups in total. The first-order valence-corrected chi connectivity index (χ1v) is 8.32. The normalized spacial score (nSPS) is 12.2. The van der Waals surface area contributed by atoms with Gasteiger partial charge in [-0.3, -0.25) is 9.59 Å². The maximum atomic E-state index is 12.6. The van der Waals surface area contributed by atoms with Crippen LogP contribution in [0.4, 0.5) is 11.4 Å². The number of anilines is 2. The number of carbonyl (C=O) groups is 2. The fraction of sp³-hybridized carbons (Fsp3) is 0.263. The molecule has 1 aliphatic rings. The van der Waals surface area contributed by atoms with Gasteiger partial charge in [-0.05, 0) is 54.8 Å². The Hall–Kier alpha value is -2.73. The van der Waals surface area contributed by atoms with Crippen molar-refractivity contribution in [2.75, 3.05) is 23.8 Å². The van der Waals surface area contributed by atoms with E-state index in [1.165, 1.54) is 0 Å². The summed E-state index contributed by atoms with van der Waals surface area (Å²) in [5.74, 6) is 0.105. The van der Waals surface area contributed by atoms with Crippen molar-refractivity contribution in [3.63, 3.8) is 0 Å². The van der Waals surface area contributed by atoms with E-state index >= 15 is 0 Å². The molecule has 1 aliphatic heterocycles. The standard InChI is InChI=1S/C19H21N3O3.ClH/c20-18(23)10-12-25-14-8-6-13(7-9-14)22-19(24)16-3-1-5-17-15(16)4-2-11-21-17;/h1,3,5-9,21H,2,4,10-12H2,(H2,20,23)(H,22,24);1H. The highest BCUT2D eigenvalue weighted by Crippen LogP contribution is 2.26. The van der Waals surface area contributed by atoms with Crippen molar-refractivity contribution in [2.24, 2.45) is 5.73 Å². The van der Waals surface area contributed by atoms with Gasteiger partial charge in [0, 0.05) is 23.5 Å². The minimum Gasteiger partial charge on any atom is -0.493 e. The van der Waals surface area contributed by atoms with Crippen molar-refractivity contribution in [1.29, 1.82) is 0 Å². The first-order chi connectivity index (χ1) is 12.1. The number of fused-ring (bicyclic) bond motifs is 1. The topological polar surface area (TPSA) is 93.5 Å². The number of halogens is 1. The van der Waals surface area contributed by atoms with Gasteiger partial charge < -0.3 is 21.1 Å². The zero-order valence-electron chi connectivity index (χ0n) is 14.3. The van der Waals surface area contributed by atoms with Crippen molar-refractivity contribution in [2.45, 2.75) is 19.3 Å². The Morgan fingerprint density at radius 1 is 1.15 bits per heavy atom. The zero-order chi connectivity index (χ0) is 17.6. The van der Waals surface area contributed by atoms with Crippen LogP contribution in [0.25, 0.3) is 0 Å². The molecule has 0 radical (unpaired) electrons. The molecular formula is C19H22ClN3O3. The number of nitrogens with one attached hydrogen (secondary N) is 2. The van der Waals surface area contributed by atoms with Gasteiger partial charge in [-0.2, -0.15) is 0 Å². The number of primary amides is 1. The van der Waals surface area contributed by atoms with Crippen LogP contribution in [0, 0.1) is 0 Å². The summed E-state index contributed by atoms with van der Waals surface area (Å²) < 4.78 is 5.41. The number of amides is 2. The fourth-order valence-electron chi connectivity index (χ4n) is 2.83. The van der Waals surface area contributed by atoms with Gasteiger partial charge in [-0.25, -0.2) is 0 Å². The van der Waals surface area contributed by atoms with Crippen molar-refractivity contribution in [1.82, 2.24) is 0 Å². The van der Waals surface area contributed by atoms with Gasteiger partial charge in [0.25, 0.3) is 5.91 Å². The van der Waals surface area contributed by atoms with Crippen molar-refractivity contribution in [3.05, 3.63) is 53.6 Å². The highest BCUT2D eigenvalue weighted by molar-refractivity contribution is 6.06. The Bertz CT molecular complexity index is 778. The van der Waals surface area contributed by atoms with Gasteiger partial charge in [0.05, 0.1) is 13.0 Å². The maximum Gasteiger partial charge on any atom is 0.256 e. The van der Waals surface area contributed by atoms with E-state index in [-0.39, 0.29) is 31.3 Å². The molecular weight excluding hydrogens is 354 g/mol. The summed E-state index contributed by atoms with van der Waals surface area (Å²) in [6, 6.07) is 12.8. The Morgan fingerprint density at radius 3 is 2.65 bits per heavy atom. The lowest BCUT2D eigenvalue weighted by Gasteiger charge is -2.20. The van der Waals surface area contributed by atoms with Crippen LogP contribution in [-0.4, -0.2) is 25.0 Å². The molecule has 2 aromatic rings. The van der Waals surface area contributed by atoms with Crippen LogP contribution >= 0.6 is 12.4 Å². The lowest BCUT2D eigenvalue weighted by atomic mass is 9.97. The largest absolute Gasteiger partial charge is 0.493 e. The Morgan fingerprint density at radius 2 is 1.92 bits per heavy atom. The highest BCUT2D eigenvalue weighted by Gasteiger charge is 2.17. The van der Waals surface area contributed by atoms with Crippen LogP contribution in [0.5, 0.6) is 5.75 Å². The SMILES string of the molecule is Cl.NC(=O)CCOc1ccc(NC(=O)c2cccc3c2CCCN3)cc1. The minimum atomic E-state index is -0.399. The molecule has 0 aliphatic carbocycles. The van der Waals surface area contributed by atoms with Crippen molar-refractivity contribution < 1.29 is 14.3 Å². The van der Waals surface area contributed by atoms with Gasteiger partial charge in [0.15, 0.2) is 0 Å². The molecule has 7 heteroatoms. The van der Waals surface area contributed by atoms with E-state index in [0.29, 0.717) is 17.0 Å². The molecule has 0 unspecified atom stereocenters. The number of ether oxygens (including phenoxy) is 1. The smallest absolute Gasteiger partial charge is 0.256 e. The van der Waals surface area contributed by atoms with Crippen LogP contribution in [0.2, 0.25) is 0 Å². The summed E-state index contributed by atoms with van der Waals surface area (Å²) in [6.07, 6.45) is 2.10. The second kappa shape index (κ2) is 9.10. The van der Waals surface area contributed by atoms with Gasteiger partial charge in [-0.15, -0.1) is 12.4 Å². The first-order valence-electron chi connectivity index (χ1n) is 8.32. The molecule has 138 valence electrons. The summed E-state index contributed by atoms with van der Waals surface area (Å²) in [6.45, 7) is 1.18. The van der Waals surface area contributed by atoms with Crippen molar-refractivity contribution >= 4 is 35.6 Å². The van der Waals surface area contributed by atoms with Crippen LogP contribution < -0.4 is 21.1 Å². The summed E-state index contributed by atoms with van der Waals surface area (Å²) in [5.41, 5.74) is 8.56. The average Bonchev–Trinajstić information content (AvgIpc) is 2.62. The molecule has 6 nitrogen and oxygen atoms in total. The molecule has 0 bridgehead atoms. The molecule has 2 amide bonds. The van der Waals surface area contributed by atoms with Gasteiger partial charge in [0.1, 0.15) is 5.75 Å². The van der Waals surface area contributed by atoms with Crippen LogP contribution in [0.1, 0.15) is 28.8 Å². The van der Waals surface area contributed by atoms with E-state index in [1.54, 1.807) is 24.3 Å². The zero-order valence-corrected chi connectivity index (χ0v) is 15.1. The molecule has 0 spiro atoms. The number of hydrogen-bond acceptors (Lipinski definition) is 4. The van der Waals surface area contributed by atoms with E-state index in [0.717, 1.165) is 30.6 Å². The summed E-state index contributed by atoms with van der Waals surface area (Å²) in [7, 11) is 0. The third-order valence-electron chi connectivity index (χ3n) is 4.07. The highest BCUT2D eigenvalue weighted by atomic mass is 35.5. The second-order valence-corrected chi connectivity index (χ2v) is 5.91. The number of carbonyl (C=O) groups excluding carboxylic acids is 2. The molecule has 0 saturated carbocycles. The number of benzene rings is 2. The maximum absolute atomic E-state index is 12.6. The van der Waals surface area contributed by atoms with Crippen LogP contribution in [0.3, 0.4) is 0 Å². The van der Waals surface area contributed by atoms with Crippen LogP contribution in [0.15, 0.2) is 42.5 Å². The van der Waals surface area contributed by atoms with E-state index in [1.807, 2.05) is 18.2 Å². The molecule has 0 aromatic heterocycles. The summed E-state index contributed by atoms with van der Waals surface area (Å²) in [5, 5.41) is 6.24. The van der Waals surface area contributed by atoms with Gasteiger partial charge in [-0.1, -0.05) is 6.07 Å². The number of nitrogens with two attached hydrogens (primary N) is 1. The van der Waals surface area contributed by atoms with Crippen molar-refractivity contribution in [3.8, 4) is 5.75 Å². The van der Waals surface area contributed by atoms with E-state index in [4.69, 9.17) is 10.5 Å². The number of rotatable bonds is 6. The molecule has 26 heavy (non-hydrogen) atoms. The quantitative estimate of drug-likeness (QED) is 0.723. The third kappa shape index (κ3) is 4.89. The van der Waals surface area contributed by atoms with Crippen LogP contribution in [-0.2, 0) is 11.2 Å². The lowest BCUT2D eigenvalue weighted by Crippen LogP contribution is -2.19. The molecule has 3 rings (SSSR count). The molecule has 2 aromatic carbocycles. The predicted octanol–water partition coefficient (Wildman–Crippen LogP) is 2.97. The summed E-state index contributed by atoms with van der Waals surface area (Å²) in [4.78, 5) is 23.3. The predicted molar refractivity (Wildman–Crippen MR) is 104 cm³/mol. The molecule has 1 heterocycles. The second-order valence-electron chi connectivity index (χ2n) is 5.91. The fourth-order valence-corrected chi connectivity index (χ4v) is 2.83. The average molecular weight is 376 g/mol.